The average molecular weight is 357 g/mol. The zero-order valence-electron chi connectivity index (χ0n) is 15.6. The fourth-order valence-electron chi connectivity index (χ4n) is 2.55. The zero-order valence-corrected chi connectivity index (χ0v) is 16.5. The summed E-state index contributed by atoms with van der Waals surface area (Å²) in [6.45, 7) is 9.93. The van der Waals surface area contributed by atoms with Crippen molar-refractivity contribution in [3.05, 3.63) is 29.3 Å². The largest absolute Gasteiger partial charge is 0.490 e. The van der Waals surface area contributed by atoms with E-state index in [1.54, 1.807) is 0 Å². The molecule has 0 aromatic heterocycles. The smallest absolute Gasteiger partial charge is 0.220 e. The minimum Gasteiger partial charge on any atom is -0.490 e. The van der Waals surface area contributed by atoms with Gasteiger partial charge in [-0.3, -0.25) is 4.79 Å². The van der Waals surface area contributed by atoms with Crippen molar-refractivity contribution < 1.29 is 9.53 Å². The van der Waals surface area contributed by atoms with Gasteiger partial charge in [0.05, 0.1) is 6.10 Å². The second kappa shape index (κ2) is 12.2. The van der Waals surface area contributed by atoms with E-state index in [0.717, 1.165) is 30.7 Å². The molecule has 5 heteroatoms. The third-order valence-corrected chi connectivity index (χ3v) is 3.66. The number of aryl methyl sites for hydroxylation is 1. The predicted molar refractivity (Wildman–Crippen MR) is 103 cm³/mol. The minimum absolute atomic E-state index is 0. The van der Waals surface area contributed by atoms with Gasteiger partial charge in [0.2, 0.25) is 5.91 Å². The van der Waals surface area contributed by atoms with E-state index in [1.165, 1.54) is 5.56 Å². The number of halogens is 1. The Balaban J connectivity index is 0.00000529. The van der Waals surface area contributed by atoms with Crippen LogP contribution >= 0.6 is 12.4 Å². The van der Waals surface area contributed by atoms with Crippen LogP contribution < -0.4 is 15.4 Å². The maximum atomic E-state index is 11.9. The lowest BCUT2D eigenvalue weighted by Gasteiger charge is -2.20. The molecule has 0 aliphatic rings. The summed E-state index contributed by atoms with van der Waals surface area (Å²) in [7, 11) is 1.89. The highest BCUT2D eigenvalue weighted by atomic mass is 35.5. The second-order valence-electron chi connectivity index (χ2n) is 6.65. The molecular weight excluding hydrogens is 324 g/mol. The first-order chi connectivity index (χ1) is 10.9. The highest BCUT2D eigenvalue weighted by Gasteiger charge is 2.11. The number of nitrogens with one attached hydrogen (secondary N) is 2. The fraction of sp³-hybridized carbons (Fsp3) is 0.632. The van der Waals surface area contributed by atoms with E-state index >= 15 is 0 Å². The number of amides is 1. The average Bonchev–Trinajstić information content (AvgIpc) is 2.45. The van der Waals surface area contributed by atoms with E-state index in [2.05, 4.69) is 50.5 Å². The Bertz CT molecular complexity index is 492. The van der Waals surface area contributed by atoms with Gasteiger partial charge in [0, 0.05) is 18.5 Å². The van der Waals surface area contributed by atoms with Gasteiger partial charge in [-0.1, -0.05) is 26.0 Å². The number of benzene rings is 1. The lowest BCUT2D eigenvalue weighted by molar-refractivity contribution is -0.121. The van der Waals surface area contributed by atoms with E-state index in [-0.39, 0.29) is 24.4 Å². The maximum Gasteiger partial charge on any atom is 0.220 e. The number of carbonyl (C=O) groups excluding carboxylic acids is 1. The molecule has 0 saturated heterocycles. The van der Waals surface area contributed by atoms with Gasteiger partial charge >= 0.3 is 0 Å². The Morgan fingerprint density at radius 2 is 1.96 bits per heavy atom. The molecule has 0 fully saturated rings. The molecule has 4 nitrogen and oxygen atoms in total. The van der Waals surface area contributed by atoms with Crippen LogP contribution in [-0.4, -0.2) is 25.6 Å². The molecule has 0 aliphatic carbocycles. The highest BCUT2D eigenvalue weighted by molar-refractivity contribution is 5.85. The first-order valence-corrected chi connectivity index (χ1v) is 8.59. The van der Waals surface area contributed by atoms with Crippen molar-refractivity contribution in [2.24, 2.45) is 5.92 Å². The van der Waals surface area contributed by atoms with Crippen molar-refractivity contribution in [2.75, 3.05) is 13.6 Å². The van der Waals surface area contributed by atoms with Crippen LogP contribution in [0, 0.1) is 12.8 Å². The number of carbonyl (C=O) groups is 1. The first kappa shape index (κ1) is 22.7. The summed E-state index contributed by atoms with van der Waals surface area (Å²) < 4.78 is 6.11. The van der Waals surface area contributed by atoms with Gasteiger partial charge in [0.15, 0.2) is 0 Å². The molecular formula is C19H33ClN2O2. The van der Waals surface area contributed by atoms with Crippen LogP contribution in [0.2, 0.25) is 0 Å². The molecule has 24 heavy (non-hydrogen) atoms. The summed E-state index contributed by atoms with van der Waals surface area (Å²) in [5.74, 6) is 1.57. The monoisotopic (exact) mass is 356 g/mol. The molecule has 0 spiro atoms. The van der Waals surface area contributed by atoms with E-state index in [9.17, 15) is 4.79 Å². The summed E-state index contributed by atoms with van der Waals surface area (Å²) in [6, 6.07) is 6.16. The lowest BCUT2D eigenvalue weighted by atomic mass is 10.1. The summed E-state index contributed by atoms with van der Waals surface area (Å²) in [4.78, 5) is 11.9. The van der Waals surface area contributed by atoms with Crippen LogP contribution in [-0.2, 0) is 11.3 Å². The first-order valence-electron chi connectivity index (χ1n) is 8.59. The van der Waals surface area contributed by atoms with Crippen molar-refractivity contribution in [1.29, 1.82) is 0 Å². The Kier molecular flexibility index (Phi) is 11.5. The molecule has 0 saturated carbocycles. The summed E-state index contributed by atoms with van der Waals surface area (Å²) in [6.07, 6.45) is 2.59. The topological polar surface area (TPSA) is 50.4 Å². The standard InChI is InChI=1S/C19H32N2O2.ClH/c1-14(2)11-16(4)23-18-12-15(3)8-9-17(18)13-21-19(22)7-6-10-20-5;/h8-9,12,14,16,20H,6-7,10-11,13H2,1-5H3,(H,21,22);1H. The van der Waals surface area contributed by atoms with Crippen molar-refractivity contribution in [2.45, 2.75) is 59.6 Å². The van der Waals surface area contributed by atoms with Crippen LogP contribution in [0.1, 0.15) is 51.2 Å². The fourth-order valence-corrected chi connectivity index (χ4v) is 2.55. The van der Waals surface area contributed by atoms with Crippen LogP contribution in [0.4, 0.5) is 0 Å². The molecule has 1 aromatic carbocycles. The molecule has 1 unspecified atom stereocenters. The molecule has 0 radical (unpaired) electrons. The summed E-state index contributed by atoms with van der Waals surface area (Å²) in [5, 5.41) is 6.03. The molecule has 1 rings (SSSR count). The van der Waals surface area contributed by atoms with Gasteiger partial charge in [0.1, 0.15) is 5.75 Å². The van der Waals surface area contributed by atoms with Gasteiger partial charge in [-0.25, -0.2) is 0 Å². The second-order valence-corrected chi connectivity index (χ2v) is 6.65. The van der Waals surface area contributed by atoms with Crippen molar-refractivity contribution in [1.82, 2.24) is 10.6 Å². The molecule has 0 heterocycles. The third-order valence-electron chi connectivity index (χ3n) is 3.66. The van der Waals surface area contributed by atoms with E-state index in [0.29, 0.717) is 18.9 Å². The number of hydrogen-bond acceptors (Lipinski definition) is 3. The minimum atomic E-state index is 0. The van der Waals surface area contributed by atoms with Gasteiger partial charge < -0.3 is 15.4 Å². The van der Waals surface area contributed by atoms with Gasteiger partial charge in [-0.05, 0) is 57.8 Å². The Morgan fingerprint density at radius 3 is 2.58 bits per heavy atom. The molecule has 0 aliphatic heterocycles. The number of rotatable bonds is 10. The third kappa shape index (κ3) is 9.14. The van der Waals surface area contributed by atoms with Gasteiger partial charge in [-0.15, -0.1) is 12.4 Å². The summed E-state index contributed by atoms with van der Waals surface area (Å²) in [5.41, 5.74) is 2.20. The quantitative estimate of drug-likeness (QED) is 0.626. The van der Waals surface area contributed by atoms with E-state index < -0.39 is 0 Å². The molecule has 1 amide bonds. The van der Waals surface area contributed by atoms with E-state index in [4.69, 9.17) is 4.74 Å². The Morgan fingerprint density at radius 1 is 1.25 bits per heavy atom. The molecule has 138 valence electrons. The zero-order chi connectivity index (χ0) is 17.2. The van der Waals surface area contributed by atoms with Crippen LogP contribution in [0.15, 0.2) is 18.2 Å². The van der Waals surface area contributed by atoms with Crippen molar-refractivity contribution >= 4 is 18.3 Å². The number of ether oxygens (including phenoxy) is 1. The molecule has 0 bridgehead atoms. The predicted octanol–water partition coefficient (Wildman–Crippen LogP) is 3.85. The lowest BCUT2D eigenvalue weighted by Crippen LogP contribution is -2.24. The summed E-state index contributed by atoms with van der Waals surface area (Å²) >= 11 is 0. The Labute approximate surface area is 153 Å². The molecule has 1 aromatic rings. The number of hydrogen-bond donors (Lipinski definition) is 2. The van der Waals surface area contributed by atoms with Crippen molar-refractivity contribution in [3.63, 3.8) is 0 Å². The van der Waals surface area contributed by atoms with E-state index in [1.807, 2.05) is 13.1 Å². The molecule has 2 N–H and O–H groups in total. The SMILES string of the molecule is CNCCCC(=O)NCc1ccc(C)cc1OC(C)CC(C)C.Cl. The maximum absolute atomic E-state index is 11.9. The molecule has 1 atom stereocenters. The normalized spacial score (nSPS) is 11.8. The van der Waals surface area contributed by atoms with Gasteiger partial charge in [-0.2, -0.15) is 0 Å². The van der Waals surface area contributed by atoms with Gasteiger partial charge in [0.25, 0.3) is 0 Å². The van der Waals surface area contributed by atoms with Crippen LogP contribution in [0.25, 0.3) is 0 Å². The van der Waals surface area contributed by atoms with Crippen LogP contribution in [0.5, 0.6) is 5.75 Å². The Hall–Kier alpha value is -1.26. The van der Waals surface area contributed by atoms with Crippen molar-refractivity contribution in [3.8, 4) is 5.75 Å². The highest BCUT2D eigenvalue weighted by Crippen LogP contribution is 2.23. The van der Waals surface area contributed by atoms with Crippen LogP contribution in [0.3, 0.4) is 0 Å².